The maximum Gasteiger partial charge on any atom is 0.0125 e. The maximum atomic E-state index is 5.07. The number of benzene rings is 6. The second kappa shape index (κ2) is 9.63. The number of rotatable bonds is 3. The van der Waals surface area contributed by atoms with Gasteiger partial charge in [0, 0.05) is 10.3 Å². The Morgan fingerprint density at radius 1 is 0.512 bits per heavy atom. The van der Waals surface area contributed by atoms with Gasteiger partial charge in [-0.25, -0.2) is 0 Å². The fourth-order valence-corrected chi connectivity index (χ4v) is 6.96. The normalized spacial score (nSPS) is 12.7. The summed E-state index contributed by atoms with van der Waals surface area (Å²) in [5, 5.41) is 7.88. The van der Waals surface area contributed by atoms with Gasteiger partial charge >= 0.3 is 0 Å². The zero-order valence-corrected chi connectivity index (χ0v) is 27.0. The van der Waals surface area contributed by atoms with Gasteiger partial charge in [-0.2, -0.15) is 0 Å². The van der Waals surface area contributed by atoms with Crippen molar-refractivity contribution in [3.8, 4) is 22.3 Å². The molecule has 0 spiro atoms. The molecule has 0 N–H and O–H groups in total. The Bertz CT molecular complexity index is 1960. The molecule has 0 radical (unpaired) electrons. The summed E-state index contributed by atoms with van der Waals surface area (Å²) in [4.78, 5) is 1.04. The highest BCUT2D eigenvalue weighted by Crippen LogP contribution is 2.48. The quantitative estimate of drug-likeness (QED) is 0.163. The van der Waals surface area contributed by atoms with E-state index in [4.69, 9.17) is 12.6 Å². The molecule has 0 amide bonds. The van der Waals surface area contributed by atoms with Gasteiger partial charge in [0.1, 0.15) is 0 Å². The minimum absolute atomic E-state index is 0.119. The zero-order chi connectivity index (χ0) is 29.4. The van der Waals surface area contributed by atoms with Crippen LogP contribution in [0.3, 0.4) is 0 Å². The van der Waals surface area contributed by atoms with Crippen LogP contribution in [-0.4, -0.2) is 0 Å². The molecule has 0 aliphatic heterocycles. The summed E-state index contributed by atoms with van der Waals surface area (Å²) in [6.07, 6.45) is 1.01. The first-order valence-electron chi connectivity index (χ1n) is 15.0. The Morgan fingerprint density at radius 2 is 1.05 bits per heavy atom. The van der Waals surface area contributed by atoms with E-state index < -0.39 is 0 Å². The van der Waals surface area contributed by atoms with Crippen LogP contribution in [0.2, 0.25) is 0 Å². The third kappa shape index (κ3) is 4.54. The molecular formula is C40H42S. The Hall–Kier alpha value is -3.29. The van der Waals surface area contributed by atoms with Crippen molar-refractivity contribution >= 4 is 44.9 Å². The van der Waals surface area contributed by atoms with E-state index in [-0.39, 0.29) is 10.8 Å². The van der Waals surface area contributed by atoms with Crippen molar-refractivity contribution in [3.63, 3.8) is 0 Å². The van der Waals surface area contributed by atoms with Crippen molar-refractivity contribution in [2.24, 2.45) is 0 Å². The van der Waals surface area contributed by atoms with Crippen LogP contribution in [0.15, 0.2) is 77.7 Å². The Labute approximate surface area is 251 Å². The van der Waals surface area contributed by atoms with E-state index in [0.29, 0.717) is 0 Å². The van der Waals surface area contributed by atoms with Crippen molar-refractivity contribution in [1.29, 1.82) is 0 Å². The summed E-state index contributed by atoms with van der Waals surface area (Å²) in [6.45, 7) is 20.5. The van der Waals surface area contributed by atoms with E-state index in [9.17, 15) is 0 Å². The highest BCUT2D eigenvalue weighted by molar-refractivity contribution is 7.80. The first kappa shape index (κ1) is 27.9. The van der Waals surface area contributed by atoms with Crippen LogP contribution in [0.5, 0.6) is 0 Å². The SMILES string of the molecule is CCc1cc(C(C)(C)C)ccc1-c1cc2ccc(S)c3c(-c4ccc(C(C)(C)C)cc4C)cc4ccc(C)c1c4c23. The van der Waals surface area contributed by atoms with Gasteiger partial charge in [0.2, 0.25) is 0 Å². The van der Waals surface area contributed by atoms with Crippen LogP contribution in [0.4, 0.5) is 0 Å². The van der Waals surface area contributed by atoms with Crippen LogP contribution < -0.4 is 0 Å². The van der Waals surface area contributed by atoms with Gasteiger partial charge in [0.05, 0.1) is 0 Å². The molecule has 0 heterocycles. The summed E-state index contributed by atoms with van der Waals surface area (Å²) in [7, 11) is 0. The molecule has 0 aliphatic rings. The van der Waals surface area contributed by atoms with E-state index in [1.807, 2.05) is 0 Å². The molecule has 0 atom stereocenters. The average Bonchev–Trinajstić information content (AvgIpc) is 2.91. The highest BCUT2D eigenvalue weighted by atomic mass is 32.1. The molecule has 0 nitrogen and oxygen atoms in total. The second-order valence-electron chi connectivity index (χ2n) is 14.0. The van der Waals surface area contributed by atoms with Crippen molar-refractivity contribution in [3.05, 3.63) is 101 Å². The third-order valence-corrected chi connectivity index (χ3v) is 9.45. The van der Waals surface area contributed by atoms with Crippen LogP contribution in [0, 0.1) is 13.8 Å². The van der Waals surface area contributed by atoms with E-state index in [0.717, 1.165) is 11.3 Å². The lowest BCUT2D eigenvalue weighted by atomic mass is 9.80. The van der Waals surface area contributed by atoms with Crippen LogP contribution in [-0.2, 0) is 17.3 Å². The fraction of sp³-hybridized carbons (Fsp3) is 0.300. The third-order valence-electron chi connectivity index (χ3n) is 9.07. The van der Waals surface area contributed by atoms with Gasteiger partial charge in [0.25, 0.3) is 0 Å². The summed E-state index contributed by atoms with van der Waals surface area (Å²) in [6, 6.07) is 28.1. The van der Waals surface area contributed by atoms with Gasteiger partial charge < -0.3 is 0 Å². The monoisotopic (exact) mass is 554 g/mol. The molecule has 0 aliphatic carbocycles. The molecule has 6 aromatic carbocycles. The lowest BCUT2D eigenvalue weighted by Crippen LogP contribution is -2.11. The largest absolute Gasteiger partial charge is 0.143 e. The minimum Gasteiger partial charge on any atom is -0.143 e. The minimum atomic E-state index is 0.119. The first-order valence-corrected chi connectivity index (χ1v) is 15.4. The number of aryl methyl sites for hydroxylation is 3. The van der Waals surface area contributed by atoms with Crippen molar-refractivity contribution in [2.45, 2.75) is 84.5 Å². The molecule has 0 saturated carbocycles. The molecule has 0 saturated heterocycles. The Morgan fingerprint density at radius 3 is 1.63 bits per heavy atom. The van der Waals surface area contributed by atoms with Gasteiger partial charge in [0.15, 0.2) is 0 Å². The maximum absolute atomic E-state index is 5.07. The molecule has 6 aromatic rings. The average molecular weight is 555 g/mol. The van der Waals surface area contributed by atoms with Gasteiger partial charge in [-0.15, -0.1) is 12.6 Å². The van der Waals surface area contributed by atoms with Crippen molar-refractivity contribution in [1.82, 2.24) is 0 Å². The van der Waals surface area contributed by atoms with Gasteiger partial charge in [-0.3, -0.25) is 0 Å². The lowest BCUT2D eigenvalue weighted by molar-refractivity contribution is 0.589. The van der Waals surface area contributed by atoms with E-state index in [1.165, 1.54) is 82.4 Å². The number of hydrogen-bond acceptors (Lipinski definition) is 1. The molecule has 0 fully saturated rings. The standard InChI is InChI=1S/C40H42S/c1-10-25-20-29(40(7,8)9)15-17-31(25)33-22-27-13-18-34(41)38-32(30-16-14-28(19-24(30)3)39(4,5)6)21-26-12-11-23(2)35(33)36(26)37(27)38/h11-22,41H,10H2,1-9H3. The predicted octanol–water partition coefficient (Wildman–Crippen LogP) is 12.0. The Balaban J connectivity index is 1.71. The number of thiol groups is 1. The van der Waals surface area contributed by atoms with Gasteiger partial charge in [-0.05, 0) is 126 Å². The lowest BCUT2D eigenvalue weighted by Gasteiger charge is -2.24. The fourth-order valence-electron chi connectivity index (χ4n) is 6.66. The molecule has 0 bridgehead atoms. The highest BCUT2D eigenvalue weighted by Gasteiger charge is 2.23. The molecular weight excluding hydrogens is 513 g/mol. The first-order chi connectivity index (χ1) is 19.3. The van der Waals surface area contributed by atoms with Crippen LogP contribution in [0.25, 0.3) is 54.6 Å². The molecule has 208 valence electrons. The zero-order valence-electron chi connectivity index (χ0n) is 26.1. The smallest absolute Gasteiger partial charge is 0.0125 e. The van der Waals surface area contributed by atoms with Crippen LogP contribution >= 0.6 is 12.6 Å². The van der Waals surface area contributed by atoms with E-state index in [2.05, 4.69) is 135 Å². The summed E-state index contributed by atoms with van der Waals surface area (Å²) in [5.41, 5.74) is 12.3. The van der Waals surface area contributed by atoms with Gasteiger partial charge in [-0.1, -0.05) is 103 Å². The predicted molar refractivity (Wildman–Crippen MR) is 185 cm³/mol. The van der Waals surface area contributed by atoms with E-state index in [1.54, 1.807) is 0 Å². The molecule has 0 aromatic heterocycles. The number of hydrogen-bond donors (Lipinski definition) is 1. The van der Waals surface area contributed by atoms with Crippen LogP contribution in [0.1, 0.15) is 76.3 Å². The van der Waals surface area contributed by atoms with Crippen molar-refractivity contribution < 1.29 is 0 Å². The summed E-state index contributed by atoms with van der Waals surface area (Å²) >= 11 is 5.07. The summed E-state index contributed by atoms with van der Waals surface area (Å²) in [5.74, 6) is 0. The molecule has 41 heavy (non-hydrogen) atoms. The van der Waals surface area contributed by atoms with E-state index >= 15 is 0 Å². The second-order valence-corrected chi connectivity index (χ2v) is 14.5. The summed E-state index contributed by atoms with van der Waals surface area (Å²) < 4.78 is 0. The van der Waals surface area contributed by atoms with Crippen molar-refractivity contribution in [2.75, 3.05) is 0 Å². The topological polar surface area (TPSA) is 0 Å². The molecule has 0 unspecified atom stereocenters. The molecule has 6 rings (SSSR count). The molecule has 1 heteroatoms. The Kier molecular flexibility index (Phi) is 6.55.